The molecule has 0 bridgehead atoms. The number of allylic oxidation sites excluding steroid dienone is 1. The lowest BCUT2D eigenvalue weighted by Crippen LogP contribution is -2.00. The van der Waals surface area contributed by atoms with Crippen LogP contribution in [0.1, 0.15) is 5.82 Å². The molecule has 0 aliphatic rings. The van der Waals surface area contributed by atoms with Crippen molar-refractivity contribution in [1.29, 1.82) is 0 Å². The number of hydrogen-bond acceptors (Lipinski definition) is 7. The first kappa shape index (κ1) is 15.7. The van der Waals surface area contributed by atoms with E-state index >= 15 is 0 Å². The molecule has 0 aliphatic carbocycles. The molecule has 118 valence electrons. The van der Waals surface area contributed by atoms with E-state index in [1.165, 1.54) is 23.3 Å². The summed E-state index contributed by atoms with van der Waals surface area (Å²) in [6.45, 7) is 6.31. The number of ether oxygens (including phenoxy) is 1. The van der Waals surface area contributed by atoms with Crippen LogP contribution < -0.4 is 4.74 Å². The van der Waals surface area contributed by atoms with E-state index in [1.54, 1.807) is 7.11 Å². The number of hydrogen-bond donors (Lipinski definition) is 0. The fourth-order valence-corrected chi connectivity index (χ4v) is 3.60. The Balaban J connectivity index is 1.95. The van der Waals surface area contributed by atoms with Crippen molar-refractivity contribution in [3.05, 3.63) is 42.7 Å². The molecular formula is C15H15N5OS2. The minimum absolute atomic E-state index is 0.620. The number of nitrogens with zero attached hydrogens (tertiary/aromatic N) is 5. The molecule has 8 heteroatoms. The van der Waals surface area contributed by atoms with E-state index in [1.807, 2.05) is 41.8 Å². The van der Waals surface area contributed by atoms with Gasteiger partial charge in [0.05, 0.1) is 7.11 Å². The third-order valence-corrected chi connectivity index (χ3v) is 4.89. The lowest BCUT2D eigenvalue weighted by atomic mass is 10.2. The molecule has 6 nitrogen and oxygen atoms in total. The average Bonchev–Trinajstić information content (AvgIpc) is 3.15. The van der Waals surface area contributed by atoms with E-state index in [-0.39, 0.29) is 0 Å². The maximum absolute atomic E-state index is 5.19. The zero-order valence-electron chi connectivity index (χ0n) is 12.8. The number of aryl methyl sites for hydroxylation is 1. The second-order valence-corrected chi connectivity index (χ2v) is 6.61. The number of benzene rings is 1. The molecule has 0 saturated carbocycles. The molecule has 3 aromatic rings. The summed E-state index contributed by atoms with van der Waals surface area (Å²) in [6, 6.07) is 7.74. The Morgan fingerprint density at radius 3 is 2.70 bits per heavy atom. The summed E-state index contributed by atoms with van der Waals surface area (Å²) in [6.07, 6.45) is 1.83. The topological polar surface area (TPSA) is 65.7 Å². The molecule has 0 unspecified atom stereocenters. The highest BCUT2D eigenvalue weighted by Gasteiger charge is 2.16. The Morgan fingerprint density at radius 2 is 2.09 bits per heavy atom. The van der Waals surface area contributed by atoms with Gasteiger partial charge in [-0.2, -0.15) is 4.37 Å². The predicted octanol–water partition coefficient (Wildman–Crippen LogP) is 3.45. The summed E-state index contributed by atoms with van der Waals surface area (Å²) in [5.41, 5.74) is 0.973. The van der Waals surface area contributed by atoms with Gasteiger partial charge in [0.1, 0.15) is 11.6 Å². The van der Waals surface area contributed by atoms with Gasteiger partial charge in [-0.3, -0.25) is 4.57 Å². The van der Waals surface area contributed by atoms with Crippen molar-refractivity contribution < 1.29 is 4.74 Å². The summed E-state index contributed by atoms with van der Waals surface area (Å²) in [5, 5.41) is 9.39. The molecule has 0 amide bonds. The average molecular weight is 345 g/mol. The van der Waals surface area contributed by atoms with E-state index in [2.05, 4.69) is 26.1 Å². The van der Waals surface area contributed by atoms with E-state index in [0.29, 0.717) is 6.54 Å². The number of rotatable bonds is 6. The second kappa shape index (κ2) is 6.93. The van der Waals surface area contributed by atoms with Crippen molar-refractivity contribution in [2.24, 2.45) is 0 Å². The molecule has 0 fully saturated rings. The lowest BCUT2D eigenvalue weighted by Gasteiger charge is -2.07. The van der Waals surface area contributed by atoms with Gasteiger partial charge in [0.15, 0.2) is 15.3 Å². The standard InChI is InChI=1S/C15H15N5OS2/c1-4-9-20-13(11-5-7-12(21-3)8-6-11)17-18-14(20)22-15-16-10(2)19-23-15/h4-8H,1,9H2,2-3H3. The SMILES string of the molecule is C=CCn1c(Sc2nc(C)ns2)nnc1-c1ccc(OC)cc1. The highest BCUT2D eigenvalue weighted by atomic mass is 32.2. The molecule has 1 aromatic carbocycles. The van der Waals surface area contributed by atoms with Gasteiger partial charge in [0, 0.05) is 12.1 Å². The van der Waals surface area contributed by atoms with E-state index in [0.717, 1.165) is 32.5 Å². The van der Waals surface area contributed by atoms with Crippen molar-refractivity contribution in [3.8, 4) is 17.1 Å². The molecule has 0 radical (unpaired) electrons. The van der Waals surface area contributed by atoms with Gasteiger partial charge in [-0.1, -0.05) is 6.08 Å². The summed E-state index contributed by atoms with van der Waals surface area (Å²) in [5.74, 6) is 2.36. The van der Waals surface area contributed by atoms with E-state index in [9.17, 15) is 0 Å². The zero-order valence-corrected chi connectivity index (χ0v) is 14.4. The van der Waals surface area contributed by atoms with Crippen LogP contribution in [0.2, 0.25) is 0 Å². The first-order valence-electron chi connectivity index (χ1n) is 6.88. The predicted molar refractivity (Wildman–Crippen MR) is 91.0 cm³/mol. The maximum Gasteiger partial charge on any atom is 0.198 e. The van der Waals surface area contributed by atoms with Crippen LogP contribution >= 0.6 is 23.3 Å². The van der Waals surface area contributed by atoms with Gasteiger partial charge in [0.25, 0.3) is 0 Å². The smallest absolute Gasteiger partial charge is 0.198 e. The monoisotopic (exact) mass is 345 g/mol. The summed E-state index contributed by atoms with van der Waals surface area (Å²) < 4.78 is 12.2. The van der Waals surface area contributed by atoms with Crippen molar-refractivity contribution in [3.63, 3.8) is 0 Å². The first-order chi connectivity index (χ1) is 11.2. The molecular weight excluding hydrogens is 330 g/mol. The van der Waals surface area contributed by atoms with Crippen molar-refractivity contribution >= 4 is 23.3 Å². The van der Waals surface area contributed by atoms with Crippen LogP contribution in [-0.2, 0) is 6.54 Å². The van der Waals surface area contributed by atoms with Crippen LogP contribution in [0.4, 0.5) is 0 Å². The largest absolute Gasteiger partial charge is 0.497 e. The lowest BCUT2D eigenvalue weighted by molar-refractivity contribution is 0.415. The van der Waals surface area contributed by atoms with Gasteiger partial charge in [-0.15, -0.1) is 16.8 Å². The number of aromatic nitrogens is 5. The summed E-state index contributed by atoms with van der Waals surface area (Å²) in [4.78, 5) is 4.36. The first-order valence-corrected chi connectivity index (χ1v) is 8.47. The third kappa shape index (κ3) is 3.43. The van der Waals surface area contributed by atoms with E-state index < -0.39 is 0 Å². The molecule has 2 aromatic heterocycles. The minimum Gasteiger partial charge on any atom is -0.497 e. The van der Waals surface area contributed by atoms with Crippen LogP contribution in [0.25, 0.3) is 11.4 Å². The molecule has 0 spiro atoms. The fourth-order valence-electron chi connectivity index (χ4n) is 2.01. The molecule has 0 N–H and O–H groups in total. The van der Waals surface area contributed by atoms with Gasteiger partial charge in [-0.05, 0) is 54.5 Å². The summed E-state index contributed by atoms with van der Waals surface area (Å²) >= 11 is 2.82. The molecule has 23 heavy (non-hydrogen) atoms. The molecule has 0 atom stereocenters. The molecule has 3 rings (SSSR count). The minimum atomic E-state index is 0.620. The summed E-state index contributed by atoms with van der Waals surface area (Å²) in [7, 11) is 1.65. The van der Waals surface area contributed by atoms with Gasteiger partial charge < -0.3 is 4.74 Å². The number of methoxy groups -OCH3 is 1. The Hall–Kier alpha value is -2.19. The van der Waals surface area contributed by atoms with Gasteiger partial charge in [-0.25, -0.2) is 4.98 Å². The Labute approximate surface area is 142 Å². The van der Waals surface area contributed by atoms with Crippen LogP contribution in [0, 0.1) is 6.92 Å². The van der Waals surface area contributed by atoms with Crippen LogP contribution in [-0.4, -0.2) is 31.2 Å². The fraction of sp³-hybridized carbons (Fsp3) is 0.200. The van der Waals surface area contributed by atoms with Crippen LogP contribution in [0.5, 0.6) is 5.75 Å². The van der Waals surface area contributed by atoms with Crippen molar-refractivity contribution in [2.75, 3.05) is 7.11 Å². The maximum atomic E-state index is 5.19. The van der Waals surface area contributed by atoms with Crippen LogP contribution in [0.3, 0.4) is 0 Å². The van der Waals surface area contributed by atoms with Crippen molar-refractivity contribution in [2.45, 2.75) is 23.0 Å². The Morgan fingerprint density at radius 1 is 1.30 bits per heavy atom. The Kier molecular flexibility index (Phi) is 4.73. The van der Waals surface area contributed by atoms with Crippen molar-refractivity contribution in [1.82, 2.24) is 24.1 Å². The normalized spacial score (nSPS) is 10.7. The quantitative estimate of drug-likeness (QED) is 0.638. The highest BCUT2D eigenvalue weighted by Crippen LogP contribution is 2.31. The molecule has 2 heterocycles. The van der Waals surface area contributed by atoms with Gasteiger partial charge >= 0.3 is 0 Å². The van der Waals surface area contributed by atoms with Gasteiger partial charge in [0.2, 0.25) is 0 Å². The Bertz CT molecular complexity index is 810. The highest BCUT2D eigenvalue weighted by molar-refractivity contribution is 8.00. The second-order valence-electron chi connectivity index (χ2n) is 4.64. The van der Waals surface area contributed by atoms with Crippen LogP contribution in [0.15, 0.2) is 46.4 Å². The molecule has 0 aliphatic heterocycles. The molecule has 0 saturated heterocycles. The van der Waals surface area contributed by atoms with E-state index in [4.69, 9.17) is 4.74 Å². The zero-order chi connectivity index (χ0) is 16.2. The third-order valence-electron chi connectivity index (χ3n) is 3.06.